The van der Waals surface area contributed by atoms with Crippen LogP contribution in [0.4, 0.5) is 0 Å². The summed E-state index contributed by atoms with van der Waals surface area (Å²) in [5.41, 5.74) is 5.74. The van der Waals surface area contributed by atoms with Crippen molar-refractivity contribution in [3.63, 3.8) is 0 Å². The van der Waals surface area contributed by atoms with Crippen LogP contribution in [0, 0.1) is 5.92 Å². The molecule has 2 atom stereocenters. The molecule has 13 heavy (non-hydrogen) atoms. The van der Waals surface area contributed by atoms with Crippen LogP contribution in [-0.4, -0.2) is 30.6 Å². The predicted octanol–water partition coefficient (Wildman–Crippen LogP) is 1.60. The van der Waals surface area contributed by atoms with Gasteiger partial charge in [0, 0.05) is 12.1 Å². The minimum absolute atomic E-state index is 0.806. The van der Waals surface area contributed by atoms with Gasteiger partial charge in [-0.05, 0) is 51.6 Å². The molecule has 2 unspecified atom stereocenters. The van der Waals surface area contributed by atoms with Gasteiger partial charge in [-0.25, -0.2) is 0 Å². The minimum Gasteiger partial charge on any atom is -0.330 e. The first-order chi connectivity index (χ1) is 6.31. The van der Waals surface area contributed by atoms with Crippen molar-refractivity contribution >= 4 is 0 Å². The van der Waals surface area contributed by atoms with Gasteiger partial charge in [-0.2, -0.15) is 0 Å². The van der Waals surface area contributed by atoms with E-state index in [1.165, 1.54) is 38.5 Å². The Balaban J connectivity index is 1.83. The van der Waals surface area contributed by atoms with Crippen molar-refractivity contribution in [2.45, 2.75) is 50.6 Å². The molecule has 0 aromatic rings. The van der Waals surface area contributed by atoms with Crippen molar-refractivity contribution in [1.29, 1.82) is 0 Å². The third kappa shape index (κ3) is 2.23. The van der Waals surface area contributed by atoms with Crippen LogP contribution < -0.4 is 5.73 Å². The van der Waals surface area contributed by atoms with Gasteiger partial charge in [0.1, 0.15) is 0 Å². The van der Waals surface area contributed by atoms with Crippen molar-refractivity contribution in [2.75, 3.05) is 13.6 Å². The van der Waals surface area contributed by atoms with E-state index in [0.29, 0.717) is 0 Å². The molecule has 0 heterocycles. The number of rotatable bonds is 3. The van der Waals surface area contributed by atoms with Gasteiger partial charge in [0.15, 0.2) is 0 Å². The summed E-state index contributed by atoms with van der Waals surface area (Å²) in [6.07, 6.45) is 8.38. The van der Waals surface area contributed by atoms with E-state index in [0.717, 1.165) is 24.5 Å². The van der Waals surface area contributed by atoms with Crippen LogP contribution in [0.15, 0.2) is 0 Å². The lowest BCUT2D eigenvalue weighted by Gasteiger charge is -2.35. The summed E-state index contributed by atoms with van der Waals surface area (Å²) in [6.45, 7) is 0.898. The molecule has 2 aliphatic rings. The Hall–Kier alpha value is -0.0800. The number of hydrogen-bond donors (Lipinski definition) is 1. The molecule has 2 aliphatic carbocycles. The summed E-state index contributed by atoms with van der Waals surface area (Å²) >= 11 is 0. The lowest BCUT2D eigenvalue weighted by atomic mass is 9.85. The molecule has 0 spiro atoms. The zero-order valence-electron chi connectivity index (χ0n) is 8.71. The highest BCUT2D eigenvalue weighted by Gasteiger charge is 2.33. The molecule has 2 fully saturated rings. The molecule has 2 N–H and O–H groups in total. The Morgan fingerprint density at radius 3 is 2.54 bits per heavy atom. The molecule has 0 aromatic heterocycles. The Bertz CT molecular complexity index is 165. The van der Waals surface area contributed by atoms with E-state index in [2.05, 4.69) is 11.9 Å². The fraction of sp³-hybridized carbons (Fsp3) is 1.00. The Labute approximate surface area is 81.5 Å². The van der Waals surface area contributed by atoms with E-state index in [4.69, 9.17) is 5.73 Å². The van der Waals surface area contributed by atoms with E-state index in [1.807, 2.05) is 0 Å². The van der Waals surface area contributed by atoms with Crippen molar-refractivity contribution in [2.24, 2.45) is 11.7 Å². The van der Waals surface area contributed by atoms with Gasteiger partial charge in [-0.15, -0.1) is 0 Å². The second-order valence-electron chi connectivity index (χ2n) is 4.82. The zero-order valence-corrected chi connectivity index (χ0v) is 8.71. The summed E-state index contributed by atoms with van der Waals surface area (Å²) in [7, 11) is 2.31. The quantitative estimate of drug-likeness (QED) is 0.718. The number of hydrogen-bond acceptors (Lipinski definition) is 2. The Kier molecular flexibility index (Phi) is 2.89. The zero-order chi connectivity index (χ0) is 9.26. The average molecular weight is 182 g/mol. The highest BCUT2D eigenvalue weighted by Crippen LogP contribution is 2.33. The molecule has 2 nitrogen and oxygen atoms in total. The van der Waals surface area contributed by atoms with Crippen molar-refractivity contribution in [1.82, 2.24) is 4.90 Å². The number of nitrogens with two attached hydrogens (primary N) is 1. The third-order valence-corrected chi connectivity index (χ3v) is 3.79. The molecule has 0 amide bonds. The molecule has 2 rings (SSSR count). The van der Waals surface area contributed by atoms with Gasteiger partial charge in [0.25, 0.3) is 0 Å². The van der Waals surface area contributed by atoms with E-state index in [-0.39, 0.29) is 0 Å². The highest BCUT2D eigenvalue weighted by atomic mass is 15.2. The molecular weight excluding hydrogens is 160 g/mol. The molecular formula is C11H22N2. The fourth-order valence-electron chi connectivity index (χ4n) is 2.63. The summed E-state index contributed by atoms with van der Waals surface area (Å²) in [6, 6.07) is 1.76. The Morgan fingerprint density at radius 2 is 1.92 bits per heavy atom. The maximum atomic E-state index is 5.74. The molecule has 76 valence electrons. The third-order valence-electron chi connectivity index (χ3n) is 3.79. The first kappa shape index (κ1) is 9.47. The lowest BCUT2D eigenvalue weighted by Crippen LogP contribution is -2.38. The van der Waals surface area contributed by atoms with Crippen LogP contribution in [0.2, 0.25) is 0 Å². The summed E-state index contributed by atoms with van der Waals surface area (Å²) < 4.78 is 0. The molecule has 2 saturated carbocycles. The van der Waals surface area contributed by atoms with Gasteiger partial charge < -0.3 is 10.6 Å². The molecule has 0 aliphatic heterocycles. The second-order valence-corrected chi connectivity index (χ2v) is 4.82. The smallest absolute Gasteiger partial charge is 0.00982 e. The monoisotopic (exact) mass is 182 g/mol. The fourth-order valence-corrected chi connectivity index (χ4v) is 2.63. The lowest BCUT2D eigenvalue weighted by molar-refractivity contribution is 0.153. The highest BCUT2D eigenvalue weighted by molar-refractivity contribution is 4.89. The van der Waals surface area contributed by atoms with Gasteiger partial charge in [0.05, 0.1) is 0 Å². The van der Waals surface area contributed by atoms with E-state index >= 15 is 0 Å². The van der Waals surface area contributed by atoms with Crippen LogP contribution in [0.1, 0.15) is 38.5 Å². The summed E-state index contributed by atoms with van der Waals surface area (Å²) in [5, 5.41) is 0. The summed E-state index contributed by atoms with van der Waals surface area (Å²) in [4.78, 5) is 2.61. The molecule has 0 aromatic carbocycles. The standard InChI is InChI=1S/C11H22N2/c1-13(10-5-6-10)11-4-2-3-9(7-11)8-12/h9-11H,2-8,12H2,1H3. The maximum Gasteiger partial charge on any atom is 0.00982 e. The van der Waals surface area contributed by atoms with E-state index in [9.17, 15) is 0 Å². The molecule has 0 radical (unpaired) electrons. The van der Waals surface area contributed by atoms with Gasteiger partial charge in [-0.1, -0.05) is 6.42 Å². The molecule has 0 saturated heterocycles. The van der Waals surface area contributed by atoms with E-state index < -0.39 is 0 Å². The van der Waals surface area contributed by atoms with E-state index in [1.54, 1.807) is 0 Å². The van der Waals surface area contributed by atoms with Crippen LogP contribution >= 0.6 is 0 Å². The van der Waals surface area contributed by atoms with Crippen molar-refractivity contribution in [3.8, 4) is 0 Å². The second kappa shape index (κ2) is 3.97. The van der Waals surface area contributed by atoms with Gasteiger partial charge >= 0.3 is 0 Å². The van der Waals surface area contributed by atoms with Crippen LogP contribution in [0.5, 0.6) is 0 Å². The SMILES string of the molecule is CN(C1CC1)C1CCCC(CN)C1. The maximum absolute atomic E-state index is 5.74. The Morgan fingerprint density at radius 1 is 1.15 bits per heavy atom. The van der Waals surface area contributed by atoms with Gasteiger partial charge in [0.2, 0.25) is 0 Å². The first-order valence-corrected chi connectivity index (χ1v) is 5.73. The van der Waals surface area contributed by atoms with Gasteiger partial charge in [-0.3, -0.25) is 0 Å². The number of nitrogens with zero attached hydrogens (tertiary/aromatic N) is 1. The topological polar surface area (TPSA) is 29.3 Å². The predicted molar refractivity (Wildman–Crippen MR) is 55.6 cm³/mol. The molecule has 0 bridgehead atoms. The molecule has 2 heteroatoms. The average Bonchev–Trinajstić information content (AvgIpc) is 3.00. The summed E-state index contributed by atoms with van der Waals surface area (Å²) in [5.74, 6) is 0.806. The largest absolute Gasteiger partial charge is 0.330 e. The van der Waals surface area contributed by atoms with Crippen LogP contribution in [0.3, 0.4) is 0 Å². The van der Waals surface area contributed by atoms with Crippen LogP contribution in [-0.2, 0) is 0 Å². The normalized spacial score (nSPS) is 35.3. The minimum atomic E-state index is 0.806. The first-order valence-electron chi connectivity index (χ1n) is 5.73. The van der Waals surface area contributed by atoms with Crippen molar-refractivity contribution in [3.05, 3.63) is 0 Å². The van der Waals surface area contributed by atoms with Crippen LogP contribution in [0.25, 0.3) is 0 Å². The van der Waals surface area contributed by atoms with Crippen molar-refractivity contribution < 1.29 is 0 Å².